The minimum Gasteiger partial charge on any atom is -0.378 e. The van der Waals surface area contributed by atoms with E-state index in [1.54, 1.807) is 12.1 Å². The molecule has 0 amide bonds. The number of hydrogen-bond donors (Lipinski definition) is 1. The predicted molar refractivity (Wildman–Crippen MR) is 82.4 cm³/mol. The van der Waals surface area contributed by atoms with Crippen LogP contribution in [0.15, 0.2) is 16.6 Å². The summed E-state index contributed by atoms with van der Waals surface area (Å²) >= 11 is 9.29. The number of halogens is 2. The Labute approximate surface area is 127 Å². The van der Waals surface area contributed by atoms with Gasteiger partial charge in [-0.3, -0.25) is 4.72 Å². The van der Waals surface area contributed by atoms with Crippen LogP contribution in [0.25, 0.3) is 0 Å². The number of aryl methyl sites for hydroxylation is 1. The topological polar surface area (TPSA) is 55.4 Å². The van der Waals surface area contributed by atoms with Gasteiger partial charge < -0.3 is 4.74 Å². The Morgan fingerprint density at radius 2 is 2.05 bits per heavy atom. The van der Waals surface area contributed by atoms with E-state index in [4.69, 9.17) is 16.3 Å². The minimum atomic E-state index is -3.45. The van der Waals surface area contributed by atoms with Gasteiger partial charge in [0.1, 0.15) is 0 Å². The third-order valence-corrected chi connectivity index (χ3v) is 4.62. The molecule has 1 aromatic rings. The first-order valence-corrected chi connectivity index (χ1v) is 8.61. The lowest BCUT2D eigenvalue weighted by molar-refractivity contribution is 0.0913. The molecule has 7 heteroatoms. The van der Waals surface area contributed by atoms with Crippen molar-refractivity contribution in [2.75, 3.05) is 17.1 Å². The maximum absolute atomic E-state index is 11.9. The van der Waals surface area contributed by atoms with Gasteiger partial charge in [-0.05, 0) is 54.4 Å². The first-order valence-electron chi connectivity index (χ1n) is 5.79. The highest BCUT2D eigenvalue weighted by Crippen LogP contribution is 2.29. The summed E-state index contributed by atoms with van der Waals surface area (Å²) in [5.41, 5.74) is 1.31. The van der Waals surface area contributed by atoms with Gasteiger partial charge >= 0.3 is 0 Å². The van der Waals surface area contributed by atoms with Crippen molar-refractivity contribution in [1.82, 2.24) is 0 Å². The minimum absolute atomic E-state index is 0.00996. The molecular formula is C12H17BrClNO3S. The smallest absolute Gasteiger partial charge is 0.235 e. The highest BCUT2D eigenvalue weighted by Gasteiger charge is 2.14. The number of sulfonamides is 1. The molecule has 1 rings (SSSR count). The molecule has 0 saturated heterocycles. The molecule has 108 valence electrons. The van der Waals surface area contributed by atoms with Gasteiger partial charge in [0.25, 0.3) is 0 Å². The highest BCUT2D eigenvalue weighted by atomic mass is 79.9. The maximum Gasteiger partial charge on any atom is 0.235 e. The molecule has 19 heavy (non-hydrogen) atoms. The SMILES string of the molecule is Cc1cc(Br)c(NS(=O)(=O)CCOC(C)C)cc1Cl. The fourth-order valence-electron chi connectivity index (χ4n) is 1.34. The van der Waals surface area contributed by atoms with Gasteiger partial charge in [-0.15, -0.1) is 0 Å². The zero-order valence-electron chi connectivity index (χ0n) is 11.0. The summed E-state index contributed by atoms with van der Waals surface area (Å²) in [5.74, 6) is -0.0941. The Balaban J connectivity index is 2.76. The lowest BCUT2D eigenvalue weighted by Gasteiger charge is -2.12. The Kier molecular flexibility index (Phi) is 6.11. The number of anilines is 1. The molecule has 0 unspecified atom stereocenters. The van der Waals surface area contributed by atoms with Crippen molar-refractivity contribution in [3.63, 3.8) is 0 Å². The lowest BCUT2D eigenvalue weighted by Crippen LogP contribution is -2.21. The van der Waals surface area contributed by atoms with Crippen LogP contribution in [0.3, 0.4) is 0 Å². The summed E-state index contributed by atoms with van der Waals surface area (Å²) in [4.78, 5) is 0. The molecule has 0 aliphatic rings. The van der Waals surface area contributed by atoms with Crippen LogP contribution in [0.2, 0.25) is 5.02 Å². The molecule has 4 nitrogen and oxygen atoms in total. The van der Waals surface area contributed by atoms with Gasteiger partial charge in [-0.2, -0.15) is 0 Å². The number of rotatable bonds is 6. The summed E-state index contributed by atoms with van der Waals surface area (Å²) in [6, 6.07) is 3.35. The molecule has 0 radical (unpaired) electrons. The van der Waals surface area contributed by atoms with E-state index in [0.29, 0.717) is 15.2 Å². The van der Waals surface area contributed by atoms with Crippen LogP contribution >= 0.6 is 27.5 Å². The molecule has 0 aliphatic carbocycles. The van der Waals surface area contributed by atoms with Crippen LogP contribution in [0, 0.1) is 6.92 Å². The van der Waals surface area contributed by atoms with E-state index in [1.807, 2.05) is 20.8 Å². The average Bonchev–Trinajstić information content (AvgIpc) is 2.24. The van der Waals surface area contributed by atoms with E-state index < -0.39 is 10.0 Å². The Bertz CT molecular complexity index is 546. The Morgan fingerprint density at radius 3 is 2.63 bits per heavy atom. The van der Waals surface area contributed by atoms with Crippen molar-refractivity contribution < 1.29 is 13.2 Å². The van der Waals surface area contributed by atoms with Gasteiger partial charge in [0, 0.05) is 9.50 Å². The molecule has 0 aliphatic heterocycles. The summed E-state index contributed by atoms with van der Waals surface area (Å²) < 4.78 is 32.1. The molecule has 0 bridgehead atoms. The van der Waals surface area contributed by atoms with Gasteiger partial charge in [-0.1, -0.05) is 11.6 Å². The van der Waals surface area contributed by atoms with Gasteiger partial charge in [-0.25, -0.2) is 8.42 Å². The third kappa shape index (κ3) is 5.69. The van der Waals surface area contributed by atoms with Gasteiger partial charge in [0.15, 0.2) is 0 Å². The van der Waals surface area contributed by atoms with E-state index >= 15 is 0 Å². The fourth-order valence-corrected chi connectivity index (χ4v) is 3.11. The summed E-state index contributed by atoms with van der Waals surface area (Å²) in [6.45, 7) is 5.72. The molecule has 0 atom stereocenters. The monoisotopic (exact) mass is 369 g/mol. The number of nitrogens with one attached hydrogen (secondary N) is 1. The fraction of sp³-hybridized carbons (Fsp3) is 0.500. The van der Waals surface area contributed by atoms with E-state index in [-0.39, 0.29) is 18.5 Å². The van der Waals surface area contributed by atoms with E-state index in [1.165, 1.54) is 0 Å². The van der Waals surface area contributed by atoms with E-state index in [2.05, 4.69) is 20.7 Å². The van der Waals surface area contributed by atoms with Crippen molar-refractivity contribution in [2.45, 2.75) is 26.9 Å². The zero-order valence-corrected chi connectivity index (χ0v) is 14.2. The predicted octanol–water partition coefficient (Wildman–Crippen LogP) is 3.58. The van der Waals surface area contributed by atoms with Crippen molar-refractivity contribution in [2.24, 2.45) is 0 Å². The van der Waals surface area contributed by atoms with E-state index in [0.717, 1.165) is 5.56 Å². The van der Waals surface area contributed by atoms with Crippen LogP contribution in [-0.2, 0) is 14.8 Å². The summed E-state index contributed by atoms with van der Waals surface area (Å²) in [7, 11) is -3.45. The second-order valence-electron chi connectivity index (χ2n) is 4.42. The van der Waals surface area contributed by atoms with Crippen molar-refractivity contribution in [3.8, 4) is 0 Å². The lowest BCUT2D eigenvalue weighted by atomic mass is 10.2. The van der Waals surface area contributed by atoms with Crippen LogP contribution < -0.4 is 4.72 Å². The normalized spacial score (nSPS) is 11.9. The molecule has 1 N–H and O–H groups in total. The molecule has 1 aromatic carbocycles. The molecule has 0 aromatic heterocycles. The van der Waals surface area contributed by atoms with Crippen LogP contribution in [0.1, 0.15) is 19.4 Å². The van der Waals surface area contributed by atoms with Crippen LogP contribution in [-0.4, -0.2) is 26.9 Å². The number of ether oxygens (including phenoxy) is 1. The molecule has 0 saturated carbocycles. The molecule has 0 spiro atoms. The summed E-state index contributed by atoms with van der Waals surface area (Å²) in [5, 5.41) is 0.513. The Morgan fingerprint density at radius 1 is 1.42 bits per heavy atom. The van der Waals surface area contributed by atoms with Crippen molar-refractivity contribution >= 4 is 43.2 Å². The van der Waals surface area contributed by atoms with Crippen molar-refractivity contribution in [3.05, 3.63) is 27.2 Å². The van der Waals surface area contributed by atoms with Crippen LogP contribution in [0.4, 0.5) is 5.69 Å². The largest absolute Gasteiger partial charge is 0.378 e. The number of hydrogen-bond acceptors (Lipinski definition) is 3. The standard InChI is InChI=1S/C12H17BrClNO3S/c1-8(2)18-4-5-19(16,17)15-12-7-11(14)9(3)6-10(12)13/h6-8,15H,4-5H2,1-3H3. The maximum atomic E-state index is 11.9. The first kappa shape index (κ1) is 16.8. The molecule has 0 heterocycles. The zero-order chi connectivity index (χ0) is 14.6. The molecule has 0 fully saturated rings. The van der Waals surface area contributed by atoms with Gasteiger partial charge in [0.2, 0.25) is 10.0 Å². The highest BCUT2D eigenvalue weighted by molar-refractivity contribution is 9.10. The van der Waals surface area contributed by atoms with Gasteiger partial charge in [0.05, 0.1) is 24.2 Å². The average molecular weight is 371 g/mol. The van der Waals surface area contributed by atoms with Crippen LogP contribution in [0.5, 0.6) is 0 Å². The second kappa shape index (κ2) is 6.92. The summed E-state index contributed by atoms with van der Waals surface area (Å²) in [6.07, 6.45) is 0.00996. The van der Waals surface area contributed by atoms with E-state index in [9.17, 15) is 8.42 Å². The molecular weight excluding hydrogens is 354 g/mol. The number of benzene rings is 1. The third-order valence-electron chi connectivity index (χ3n) is 2.32. The quantitative estimate of drug-likeness (QED) is 0.832. The second-order valence-corrected chi connectivity index (χ2v) is 7.53. The Hall–Kier alpha value is -0.300. The first-order chi connectivity index (χ1) is 8.71. The van der Waals surface area contributed by atoms with Crippen molar-refractivity contribution in [1.29, 1.82) is 0 Å².